The fourth-order valence-corrected chi connectivity index (χ4v) is 3.67. The van der Waals surface area contributed by atoms with Gasteiger partial charge in [0.25, 0.3) is 0 Å². The van der Waals surface area contributed by atoms with Crippen LogP contribution in [0.15, 0.2) is 0 Å². The number of rotatable bonds is 0. The molecule has 4 aliphatic rings. The Morgan fingerprint density at radius 2 is 2.00 bits per heavy atom. The molecule has 0 heterocycles. The van der Waals surface area contributed by atoms with E-state index in [4.69, 9.17) is 0 Å². The summed E-state index contributed by atoms with van der Waals surface area (Å²) in [6.07, 6.45) is 7.85. The van der Waals surface area contributed by atoms with E-state index in [9.17, 15) is 0 Å². The third-order valence-electron chi connectivity index (χ3n) is 4.51. The quantitative estimate of drug-likeness (QED) is 0.463. The molecule has 0 aromatic rings. The van der Waals surface area contributed by atoms with E-state index in [1.807, 2.05) is 0 Å². The lowest BCUT2D eigenvalue weighted by molar-refractivity contribution is 0.0237. The van der Waals surface area contributed by atoms with Crippen LogP contribution in [-0.2, 0) is 0 Å². The summed E-state index contributed by atoms with van der Waals surface area (Å²) in [5.74, 6) is 1.18. The first kappa shape index (κ1) is 4.76. The van der Waals surface area contributed by atoms with Crippen LogP contribution in [-0.4, -0.2) is 0 Å². The fraction of sp³-hybridized carbons (Fsp3) is 1.00. The van der Waals surface area contributed by atoms with Crippen molar-refractivity contribution < 1.29 is 0 Å². The fourth-order valence-electron chi connectivity index (χ4n) is 3.67. The summed E-state index contributed by atoms with van der Waals surface area (Å²) >= 11 is 0. The molecule has 0 radical (unpaired) electrons. The molecule has 0 heteroatoms. The van der Waals surface area contributed by atoms with Crippen LogP contribution in [0.3, 0.4) is 0 Å². The lowest BCUT2D eigenvalue weighted by atomic mass is 9.58. The van der Waals surface area contributed by atoms with E-state index in [1.165, 1.54) is 5.92 Å². The van der Waals surface area contributed by atoms with Gasteiger partial charge in [0, 0.05) is 0 Å². The van der Waals surface area contributed by atoms with Gasteiger partial charge in [0.05, 0.1) is 0 Å². The molecule has 0 nitrogen and oxygen atoms in total. The molecule has 0 aromatic carbocycles. The van der Waals surface area contributed by atoms with Crippen molar-refractivity contribution in [3.8, 4) is 0 Å². The SMILES string of the molecule is CC12CCC(C1)C21CC1. The molecular weight excluding hydrogens is 108 g/mol. The van der Waals surface area contributed by atoms with E-state index in [-0.39, 0.29) is 0 Å². The summed E-state index contributed by atoms with van der Waals surface area (Å²) < 4.78 is 0. The smallest absolute Gasteiger partial charge is 0.0215 e. The zero-order chi connectivity index (χ0) is 6.11. The van der Waals surface area contributed by atoms with Crippen molar-refractivity contribution >= 4 is 0 Å². The summed E-state index contributed by atoms with van der Waals surface area (Å²) in [7, 11) is 0. The summed E-state index contributed by atoms with van der Waals surface area (Å²) in [5.41, 5.74) is 1.78. The first-order valence-electron chi connectivity index (χ1n) is 4.27. The van der Waals surface area contributed by atoms with Crippen LogP contribution in [0.1, 0.15) is 39.0 Å². The van der Waals surface area contributed by atoms with E-state index < -0.39 is 0 Å². The van der Waals surface area contributed by atoms with Crippen LogP contribution in [0.25, 0.3) is 0 Å². The summed E-state index contributed by atoms with van der Waals surface area (Å²) in [6.45, 7) is 2.52. The highest BCUT2D eigenvalue weighted by atomic mass is 14.8. The minimum atomic E-state index is 0.845. The Labute approximate surface area is 56.6 Å². The van der Waals surface area contributed by atoms with E-state index >= 15 is 0 Å². The Bertz CT molecular complexity index is 163. The number of fused-ring (bicyclic) bond motifs is 1. The standard InChI is InChI=1S/C9H14/c1-8-3-2-7(6-8)9(8)4-5-9/h7H,2-6H2,1H3. The zero-order valence-corrected chi connectivity index (χ0v) is 6.11. The van der Waals surface area contributed by atoms with Crippen molar-refractivity contribution in [2.45, 2.75) is 39.0 Å². The lowest BCUT2D eigenvalue weighted by Crippen LogP contribution is -2.39. The topological polar surface area (TPSA) is 0 Å². The molecule has 50 valence electrons. The van der Waals surface area contributed by atoms with Gasteiger partial charge in [-0.15, -0.1) is 0 Å². The second-order valence-corrected chi connectivity index (χ2v) is 4.66. The Morgan fingerprint density at radius 3 is 2.22 bits per heavy atom. The van der Waals surface area contributed by atoms with Gasteiger partial charge in [-0.3, -0.25) is 0 Å². The van der Waals surface area contributed by atoms with Gasteiger partial charge in [-0.25, -0.2) is 0 Å². The average Bonchev–Trinajstić information content (AvgIpc) is 2.53. The second-order valence-electron chi connectivity index (χ2n) is 4.66. The number of hydrogen-bond acceptors (Lipinski definition) is 0. The van der Waals surface area contributed by atoms with Gasteiger partial charge < -0.3 is 0 Å². The molecule has 0 saturated heterocycles. The van der Waals surface area contributed by atoms with Gasteiger partial charge in [-0.05, 0) is 48.9 Å². The maximum Gasteiger partial charge on any atom is -0.0215 e. The molecule has 0 aliphatic heterocycles. The second kappa shape index (κ2) is 0.980. The minimum absolute atomic E-state index is 0.845. The van der Waals surface area contributed by atoms with Crippen molar-refractivity contribution in [2.24, 2.45) is 16.7 Å². The Kier molecular flexibility index (Phi) is 0.518. The van der Waals surface area contributed by atoms with Crippen LogP contribution in [0.4, 0.5) is 0 Å². The van der Waals surface area contributed by atoms with E-state index in [0.29, 0.717) is 0 Å². The highest BCUT2D eigenvalue weighted by Crippen LogP contribution is 2.81. The summed E-state index contributed by atoms with van der Waals surface area (Å²) in [5, 5.41) is 0. The molecule has 0 aromatic heterocycles. The zero-order valence-electron chi connectivity index (χ0n) is 6.11. The van der Waals surface area contributed by atoms with E-state index in [0.717, 1.165) is 10.8 Å². The molecule has 4 saturated carbocycles. The van der Waals surface area contributed by atoms with Crippen molar-refractivity contribution in [3.63, 3.8) is 0 Å². The molecule has 1 spiro atoms. The molecule has 2 bridgehead atoms. The summed E-state index contributed by atoms with van der Waals surface area (Å²) in [4.78, 5) is 0. The largest absolute Gasteiger partial charge is 0.0591 e. The van der Waals surface area contributed by atoms with Crippen molar-refractivity contribution in [2.75, 3.05) is 0 Å². The normalized spacial score (nSPS) is 57.7. The number of hydrogen-bond donors (Lipinski definition) is 0. The highest BCUT2D eigenvalue weighted by Gasteiger charge is 2.72. The van der Waals surface area contributed by atoms with Gasteiger partial charge in [0.1, 0.15) is 0 Å². The van der Waals surface area contributed by atoms with Crippen molar-refractivity contribution in [1.29, 1.82) is 0 Å². The van der Waals surface area contributed by atoms with Crippen molar-refractivity contribution in [1.82, 2.24) is 0 Å². The molecule has 0 amide bonds. The Balaban J connectivity index is 2.08. The third kappa shape index (κ3) is 0.300. The minimum Gasteiger partial charge on any atom is -0.0591 e. The molecule has 2 unspecified atom stereocenters. The Morgan fingerprint density at radius 1 is 1.22 bits per heavy atom. The molecule has 2 atom stereocenters. The van der Waals surface area contributed by atoms with Crippen molar-refractivity contribution in [3.05, 3.63) is 0 Å². The third-order valence-corrected chi connectivity index (χ3v) is 4.51. The predicted octanol–water partition coefficient (Wildman–Crippen LogP) is 2.59. The molecule has 4 rings (SSSR count). The van der Waals surface area contributed by atoms with Gasteiger partial charge in [0.15, 0.2) is 0 Å². The first-order valence-corrected chi connectivity index (χ1v) is 4.27. The Hall–Kier alpha value is 0. The molecule has 4 aliphatic carbocycles. The average molecular weight is 122 g/mol. The van der Waals surface area contributed by atoms with Gasteiger partial charge in [0.2, 0.25) is 0 Å². The van der Waals surface area contributed by atoms with Gasteiger partial charge in [-0.1, -0.05) is 6.92 Å². The van der Waals surface area contributed by atoms with Crippen LogP contribution >= 0.6 is 0 Å². The molecular formula is C9H14. The molecule has 4 fully saturated rings. The molecule has 9 heavy (non-hydrogen) atoms. The van der Waals surface area contributed by atoms with Gasteiger partial charge >= 0.3 is 0 Å². The van der Waals surface area contributed by atoms with Crippen LogP contribution < -0.4 is 0 Å². The van der Waals surface area contributed by atoms with Crippen LogP contribution in [0, 0.1) is 16.7 Å². The van der Waals surface area contributed by atoms with E-state index in [1.54, 1.807) is 32.1 Å². The monoisotopic (exact) mass is 122 g/mol. The van der Waals surface area contributed by atoms with Gasteiger partial charge in [-0.2, -0.15) is 0 Å². The lowest BCUT2D eigenvalue weighted by Gasteiger charge is -2.46. The van der Waals surface area contributed by atoms with Crippen LogP contribution in [0.2, 0.25) is 0 Å². The van der Waals surface area contributed by atoms with E-state index in [2.05, 4.69) is 6.92 Å². The maximum atomic E-state index is 2.52. The summed E-state index contributed by atoms with van der Waals surface area (Å²) in [6, 6.07) is 0. The highest BCUT2D eigenvalue weighted by molar-refractivity contribution is 5.21. The molecule has 0 N–H and O–H groups in total. The first-order chi connectivity index (χ1) is 4.27. The predicted molar refractivity (Wildman–Crippen MR) is 37.1 cm³/mol. The van der Waals surface area contributed by atoms with Crippen LogP contribution in [0.5, 0.6) is 0 Å². The maximum absolute atomic E-state index is 2.52.